The molecule has 1 nitrogen and oxygen atoms in total. The normalized spacial score (nSPS) is 23.8. The van der Waals surface area contributed by atoms with Crippen LogP contribution in [0.15, 0.2) is 22.7 Å². The first kappa shape index (κ1) is 13.4. The Balaban J connectivity index is 1.94. The highest BCUT2D eigenvalue weighted by atomic mass is 79.9. The molecule has 0 saturated heterocycles. The van der Waals surface area contributed by atoms with Crippen molar-refractivity contribution in [1.82, 2.24) is 5.32 Å². The molecule has 0 amide bonds. The van der Waals surface area contributed by atoms with Crippen molar-refractivity contribution in [3.05, 3.63) is 33.3 Å². The highest BCUT2D eigenvalue weighted by Gasteiger charge is 2.39. The molecule has 0 aromatic heterocycles. The lowest BCUT2D eigenvalue weighted by Crippen LogP contribution is -2.37. The van der Waals surface area contributed by atoms with E-state index in [2.05, 4.69) is 54.2 Å². The van der Waals surface area contributed by atoms with E-state index < -0.39 is 0 Å². The molecule has 1 saturated carbocycles. The van der Waals surface area contributed by atoms with Crippen LogP contribution >= 0.6 is 27.5 Å². The van der Waals surface area contributed by atoms with Crippen molar-refractivity contribution in [1.29, 1.82) is 0 Å². The quantitative estimate of drug-likeness (QED) is 0.859. The number of hydrogen-bond acceptors (Lipinski definition) is 1. The lowest BCUT2D eigenvalue weighted by Gasteiger charge is -2.20. The second-order valence-electron chi connectivity index (χ2n) is 5.90. The molecular formula is C14H19BrClN. The van der Waals surface area contributed by atoms with Crippen LogP contribution in [0.2, 0.25) is 5.02 Å². The summed E-state index contributed by atoms with van der Waals surface area (Å²) in [4.78, 5) is 0. The number of halogens is 2. The van der Waals surface area contributed by atoms with Gasteiger partial charge in [0, 0.05) is 15.0 Å². The molecule has 94 valence electrons. The van der Waals surface area contributed by atoms with Gasteiger partial charge in [-0.15, -0.1) is 0 Å². The minimum atomic E-state index is 0.205. The molecule has 2 atom stereocenters. The standard InChI is InChI=1S/C14H19BrClN/c1-14(2,3)17-8-9-6-12(9)11-5-4-10(15)7-13(11)16/h4-5,7,9,12,17H,6,8H2,1-3H3. The van der Waals surface area contributed by atoms with Crippen LogP contribution < -0.4 is 5.32 Å². The van der Waals surface area contributed by atoms with Gasteiger partial charge in [0.1, 0.15) is 0 Å². The largest absolute Gasteiger partial charge is 0.312 e. The van der Waals surface area contributed by atoms with E-state index in [1.54, 1.807) is 0 Å². The highest BCUT2D eigenvalue weighted by Crippen LogP contribution is 2.49. The third kappa shape index (κ3) is 3.70. The van der Waals surface area contributed by atoms with Gasteiger partial charge in [-0.2, -0.15) is 0 Å². The molecule has 1 aliphatic rings. The highest BCUT2D eigenvalue weighted by molar-refractivity contribution is 9.10. The number of hydrogen-bond donors (Lipinski definition) is 1. The Bertz CT molecular complexity index is 411. The van der Waals surface area contributed by atoms with E-state index in [-0.39, 0.29) is 5.54 Å². The summed E-state index contributed by atoms with van der Waals surface area (Å²) in [6, 6.07) is 6.21. The molecule has 17 heavy (non-hydrogen) atoms. The van der Waals surface area contributed by atoms with E-state index in [9.17, 15) is 0 Å². The van der Waals surface area contributed by atoms with Gasteiger partial charge in [0.05, 0.1) is 0 Å². The summed E-state index contributed by atoms with van der Waals surface area (Å²) < 4.78 is 1.05. The summed E-state index contributed by atoms with van der Waals surface area (Å²) in [6.07, 6.45) is 1.25. The molecule has 2 unspecified atom stereocenters. The monoisotopic (exact) mass is 315 g/mol. The van der Waals surface area contributed by atoms with E-state index in [0.717, 1.165) is 22.0 Å². The van der Waals surface area contributed by atoms with Crippen molar-refractivity contribution in [3.63, 3.8) is 0 Å². The molecule has 1 aromatic carbocycles. The van der Waals surface area contributed by atoms with Crippen molar-refractivity contribution in [2.45, 2.75) is 38.6 Å². The summed E-state index contributed by atoms with van der Waals surface area (Å²) in [7, 11) is 0. The van der Waals surface area contributed by atoms with Crippen LogP contribution in [0.1, 0.15) is 38.7 Å². The zero-order valence-corrected chi connectivity index (χ0v) is 12.9. The molecular weight excluding hydrogens is 298 g/mol. The maximum Gasteiger partial charge on any atom is 0.0452 e. The summed E-state index contributed by atoms with van der Waals surface area (Å²) in [5.41, 5.74) is 1.51. The Morgan fingerprint density at radius 3 is 2.71 bits per heavy atom. The van der Waals surface area contributed by atoms with Crippen LogP contribution in [0.3, 0.4) is 0 Å². The Morgan fingerprint density at radius 1 is 1.41 bits per heavy atom. The van der Waals surface area contributed by atoms with Gasteiger partial charge in [0.15, 0.2) is 0 Å². The fraction of sp³-hybridized carbons (Fsp3) is 0.571. The number of nitrogens with one attached hydrogen (secondary N) is 1. The number of rotatable bonds is 3. The van der Waals surface area contributed by atoms with Crippen LogP contribution in [-0.2, 0) is 0 Å². The molecule has 3 heteroatoms. The predicted octanol–water partition coefficient (Wildman–Crippen LogP) is 4.59. The molecule has 0 aliphatic heterocycles. The molecule has 1 aliphatic carbocycles. The molecule has 1 N–H and O–H groups in total. The molecule has 0 spiro atoms. The fourth-order valence-electron chi connectivity index (χ4n) is 2.09. The Morgan fingerprint density at radius 2 is 2.12 bits per heavy atom. The number of benzene rings is 1. The van der Waals surface area contributed by atoms with Crippen LogP contribution in [0.5, 0.6) is 0 Å². The average molecular weight is 317 g/mol. The van der Waals surface area contributed by atoms with E-state index in [1.165, 1.54) is 12.0 Å². The summed E-state index contributed by atoms with van der Waals surface area (Å²) in [5, 5.41) is 4.45. The predicted molar refractivity (Wildman–Crippen MR) is 77.8 cm³/mol. The van der Waals surface area contributed by atoms with E-state index in [4.69, 9.17) is 11.6 Å². The van der Waals surface area contributed by atoms with E-state index >= 15 is 0 Å². The Hall–Kier alpha value is -0.0500. The zero-order chi connectivity index (χ0) is 12.6. The van der Waals surface area contributed by atoms with Gasteiger partial charge in [-0.25, -0.2) is 0 Å². The SMILES string of the molecule is CC(C)(C)NCC1CC1c1ccc(Br)cc1Cl. The van der Waals surface area contributed by atoms with Crippen molar-refractivity contribution in [2.24, 2.45) is 5.92 Å². The summed E-state index contributed by atoms with van der Waals surface area (Å²) >= 11 is 9.71. The average Bonchev–Trinajstić information content (AvgIpc) is 2.93. The lowest BCUT2D eigenvalue weighted by molar-refractivity contribution is 0.414. The van der Waals surface area contributed by atoms with Crippen molar-refractivity contribution in [2.75, 3.05) is 6.54 Å². The summed E-state index contributed by atoms with van der Waals surface area (Å²) in [5.74, 6) is 1.39. The molecule has 0 heterocycles. The minimum Gasteiger partial charge on any atom is -0.312 e. The molecule has 1 aromatic rings. The fourth-order valence-corrected chi connectivity index (χ4v) is 2.91. The van der Waals surface area contributed by atoms with Gasteiger partial charge in [-0.1, -0.05) is 33.6 Å². The van der Waals surface area contributed by atoms with Crippen molar-refractivity contribution < 1.29 is 0 Å². The van der Waals surface area contributed by atoms with Crippen LogP contribution in [0.4, 0.5) is 0 Å². The van der Waals surface area contributed by atoms with E-state index in [0.29, 0.717) is 5.92 Å². The van der Waals surface area contributed by atoms with Gasteiger partial charge in [0.25, 0.3) is 0 Å². The Labute approximate surface area is 117 Å². The Kier molecular flexibility index (Phi) is 3.86. The molecule has 1 fully saturated rings. The third-order valence-electron chi connectivity index (χ3n) is 3.18. The van der Waals surface area contributed by atoms with Gasteiger partial charge >= 0.3 is 0 Å². The van der Waals surface area contributed by atoms with Gasteiger partial charge in [-0.3, -0.25) is 0 Å². The van der Waals surface area contributed by atoms with Gasteiger partial charge in [0.2, 0.25) is 0 Å². The maximum atomic E-state index is 6.27. The van der Waals surface area contributed by atoms with Gasteiger partial charge in [-0.05, 0) is 63.3 Å². The van der Waals surface area contributed by atoms with Crippen LogP contribution in [-0.4, -0.2) is 12.1 Å². The molecule has 2 rings (SSSR count). The summed E-state index contributed by atoms with van der Waals surface area (Å²) in [6.45, 7) is 7.70. The van der Waals surface area contributed by atoms with Crippen LogP contribution in [0, 0.1) is 5.92 Å². The van der Waals surface area contributed by atoms with Crippen molar-refractivity contribution >= 4 is 27.5 Å². The second kappa shape index (κ2) is 4.91. The third-order valence-corrected chi connectivity index (χ3v) is 4.00. The second-order valence-corrected chi connectivity index (χ2v) is 7.22. The first-order chi connectivity index (χ1) is 7.87. The van der Waals surface area contributed by atoms with E-state index in [1.807, 2.05) is 6.07 Å². The molecule has 0 radical (unpaired) electrons. The first-order valence-corrected chi connectivity index (χ1v) is 7.24. The maximum absolute atomic E-state index is 6.27. The first-order valence-electron chi connectivity index (χ1n) is 6.07. The van der Waals surface area contributed by atoms with Gasteiger partial charge < -0.3 is 5.32 Å². The van der Waals surface area contributed by atoms with Crippen LogP contribution in [0.25, 0.3) is 0 Å². The minimum absolute atomic E-state index is 0.205. The smallest absolute Gasteiger partial charge is 0.0452 e. The topological polar surface area (TPSA) is 12.0 Å². The van der Waals surface area contributed by atoms with Crippen molar-refractivity contribution in [3.8, 4) is 0 Å². The zero-order valence-electron chi connectivity index (χ0n) is 10.6. The molecule has 0 bridgehead atoms. The lowest BCUT2D eigenvalue weighted by atomic mass is 10.1.